The van der Waals surface area contributed by atoms with Crippen LogP contribution in [0.5, 0.6) is 0 Å². The third-order valence-corrected chi connectivity index (χ3v) is 4.98. The first-order valence-corrected chi connectivity index (χ1v) is 7.81. The largest absolute Gasteiger partial charge is 0.363 e. The van der Waals surface area contributed by atoms with Crippen molar-refractivity contribution >= 4 is 23.2 Å². The number of rotatable bonds is 1. The van der Waals surface area contributed by atoms with Gasteiger partial charge in [-0.1, -0.05) is 23.4 Å². The monoisotopic (exact) mass is 310 g/mol. The lowest BCUT2D eigenvalue weighted by molar-refractivity contribution is 0.186. The molecule has 2 amide bonds. The number of fused-ring (bicyclic) bond motifs is 2. The molecule has 118 valence electrons. The van der Waals surface area contributed by atoms with Crippen molar-refractivity contribution < 1.29 is 9.32 Å². The fourth-order valence-electron chi connectivity index (χ4n) is 3.65. The van der Waals surface area contributed by atoms with E-state index in [4.69, 9.17) is 9.52 Å². The predicted molar refractivity (Wildman–Crippen MR) is 87.2 cm³/mol. The number of hydrogen-bond donors (Lipinski definition) is 1. The highest BCUT2D eigenvalue weighted by Crippen LogP contribution is 2.46. The van der Waals surface area contributed by atoms with Crippen molar-refractivity contribution in [2.24, 2.45) is 4.99 Å². The number of anilines is 1. The minimum absolute atomic E-state index is 0.0126. The number of aliphatic imine (C=N–C) groups is 1. The number of piperidine rings is 1. The Kier molecular flexibility index (Phi) is 3.18. The van der Waals surface area contributed by atoms with Crippen molar-refractivity contribution in [1.82, 2.24) is 10.1 Å². The number of likely N-dealkylation sites (tertiary alicyclic amines) is 1. The first-order chi connectivity index (χ1) is 11.2. The smallest absolute Gasteiger partial charge is 0.323 e. The summed E-state index contributed by atoms with van der Waals surface area (Å²) in [4.78, 5) is 18.9. The zero-order valence-corrected chi connectivity index (χ0v) is 13.0. The van der Waals surface area contributed by atoms with Crippen molar-refractivity contribution in [3.05, 3.63) is 42.2 Å². The standard InChI is InChI=1S/C17H18N4O2/c1-12-17(13-4-2-3-5-14(13)18-12)7-9-21(10-8-17)16(22)19-15-6-11-23-20-15/h2-6,11H,7-10H2,1H3,(H,19,20,22). The van der Waals surface area contributed by atoms with E-state index in [2.05, 4.69) is 35.6 Å². The minimum Gasteiger partial charge on any atom is -0.363 e. The summed E-state index contributed by atoms with van der Waals surface area (Å²) in [6.07, 6.45) is 3.23. The van der Waals surface area contributed by atoms with Crippen LogP contribution >= 0.6 is 0 Å². The number of hydrogen-bond acceptors (Lipinski definition) is 4. The molecule has 0 bridgehead atoms. The van der Waals surface area contributed by atoms with Crippen LogP contribution in [0.25, 0.3) is 0 Å². The quantitative estimate of drug-likeness (QED) is 0.878. The number of benzene rings is 1. The summed E-state index contributed by atoms with van der Waals surface area (Å²) < 4.78 is 4.73. The predicted octanol–water partition coefficient (Wildman–Crippen LogP) is 3.35. The van der Waals surface area contributed by atoms with Crippen LogP contribution in [0.4, 0.5) is 16.3 Å². The van der Waals surface area contributed by atoms with Crippen molar-refractivity contribution in [3.8, 4) is 0 Å². The molecule has 2 aliphatic heterocycles. The van der Waals surface area contributed by atoms with Gasteiger partial charge in [-0.2, -0.15) is 0 Å². The van der Waals surface area contributed by atoms with E-state index >= 15 is 0 Å². The molecule has 0 saturated carbocycles. The second-order valence-electron chi connectivity index (χ2n) is 6.10. The molecule has 23 heavy (non-hydrogen) atoms. The van der Waals surface area contributed by atoms with Crippen LogP contribution in [0, 0.1) is 0 Å². The van der Waals surface area contributed by atoms with Crippen LogP contribution < -0.4 is 5.32 Å². The van der Waals surface area contributed by atoms with Gasteiger partial charge in [-0.15, -0.1) is 0 Å². The average molecular weight is 310 g/mol. The Hall–Kier alpha value is -2.63. The number of nitrogens with zero attached hydrogens (tertiary/aromatic N) is 3. The van der Waals surface area contributed by atoms with Crippen molar-refractivity contribution in [2.75, 3.05) is 18.4 Å². The zero-order valence-electron chi connectivity index (χ0n) is 13.0. The molecule has 2 aliphatic rings. The van der Waals surface area contributed by atoms with Gasteiger partial charge >= 0.3 is 6.03 Å². The number of carbonyl (C=O) groups is 1. The van der Waals surface area contributed by atoms with E-state index in [1.807, 2.05) is 11.0 Å². The molecule has 1 N–H and O–H groups in total. The number of urea groups is 1. The Labute approximate surface area is 134 Å². The van der Waals surface area contributed by atoms with Gasteiger partial charge in [0.2, 0.25) is 0 Å². The number of carbonyl (C=O) groups excluding carboxylic acids is 1. The molecule has 1 saturated heterocycles. The molecule has 6 nitrogen and oxygen atoms in total. The van der Waals surface area contributed by atoms with Gasteiger partial charge in [0.05, 0.1) is 5.69 Å². The Bertz CT molecular complexity index is 759. The highest BCUT2D eigenvalue weighted by atomic mass is 16.5. The number of nitrogens with one attached hydrogen (secondary N) is 1. The second-order valence-corrected chi connectivity index (χ2v) is 6.10. The van der Waals surface area contributed by atoms with E-state index < -0.39 is 0 Å². The molecule has 0 aliphatic carbocycles. The summed E-state index contributed by atoms with van der Waals surface area (Å²) in [5.41, 5.74) is 3.52. The third kappa shape index (κ3) is 2.21. The molecule has 2 aromatic rings. The fourth-order valence-corrected chi connectivity index (χ4v) is 3.65. The normalized spacial score (nSPS) is 18.7. The summed E-state index contributed by atoms with van der Waals surface area (Å²) in [6.45, 7) is 3.50. The van der Waals surface area contributed by atoms with Gasteiger partial charge < -0.3 is 9.42 Å². The van der Waals surface area contributed by atoms with Gasteiger partial charge in [0.1, 0.15) is 6.26 Å². The van der Waals surface area contributed by atoms with Crippen LogP contribution in [0.1, 0.15) is 25.3 Å². The van der Waals surface area contributed by atoms with Gasteiger partial charge in [0.25, 0.3) is 0 Å². The minimum atomic E-state index is -0.130. The lowest BCUT2D eigenvalue weighted by Gasteiger charge is -2.40. The molecule has 6 heteroatoms. The average Bonchev–Trinajstić information content (AvgIpc) is 3.16. The van der Waals surface area contributed by atoms with Crippen molar-refractivity contribution in [2.45, 2.75) is 25.2 Å². The second kappa shape index (κ2) is 5.22. The van der Waals surface area contributed by atoms with Crippen LogP contribution in [0.15, 0.2) is 46.1 Å². The molecule has 1 fully saturated rings. The molecule has 0 radical (unpaired) electrons. The maximum Gasteiger partial charge on any atom is 0.323 e. The molecule has 3 heterocycles. The van der Waals surface area contributed by atoms with Gasteiger partial charge in [0.15, 0.2) is 5.82 Å². The van der Waals surface area contributed by atoms with Crippen molar-refractivity contribution in [1.29, 1.82) is 0 Å². The Morgan fingerprint density at radius 3 is 2.78 bits per heavy atom. The highest BCUT2D eigenvalue weighted by Gasteiger charge is 2.44. The van der Waals surface area contributed by atoms with E-state index in [1.54, 1.807) is 6.07 Å². The van der Waals surface area contributed by atoms with E-state index in [0.29, 0.717) is 18.9 Å². The highest BCUT2D eigenvalue weighted by molar-refractivity contribution is 6.00. The maximum absolute atomic E-state index is 12.3. The first kappa shape index (κ1) is 14.0. The summed E-state index contributed by atoms with van der Waals surface area (Å²) in [5, 5.41) is 6.46. The molecule has 1 spiro atoms. The van der Waals surface area contributed by atoms with Crippen molar-refractivity contribution in [3.63, 3.8) is 0 Å². The van der Waals surface area contributed by atoms with E-state index in [0.717, 1.165) is 24.2 Å². The molecule has 1 aromatic heterocycles. The number of para-hydroxylation sites is 1. The summed E-state index contributed by atoms with van der Waals surface area (Å²) in [6, 6.07) is 9.83. The van der Waals surface area contributed by atoms with Crippen LogP contribution in [-0.4, -0.2) is 34.9 Å². The molecular weight excluding hydrogens is 292 g/mol. The third-order valence-electron chi connectivity index (χ3n) is 4.98. The molecule has 0 unspecified atom stereocenters. The topological polar surface area (TPSA) is 70.7 Å². The molecular formula is C17H18N4O2. The zero-order chi connectivity index (χ0) is 15.9. The van der Waals surface area contributed by atoms with Crippen LogP contribution in [0.2, 0.25) is 0 Å². The number of aromatic nitrogens is 1. The van der Waals surface area contributed by atoms with Crippen LogP contribution in [0.3, 0.4) is 0 Å². The van der Waals surface area contributed by atoms with Gasteiger partial charge in [-0.3, -0.25) is 10.3 Å². The summed E-state index contributed by atoms with van der Waals surface area (Å²) in [5.74, 6) is 0.444. The van der Waals surface area contributed by atoms with E-state index in [9.17, 15) is 4.79 Å². The number of amides is 2. The van der Waals surface area contributed by atoms with E-state index in [-0.39, 0.29) is 11.4 Å². The van der Waals surface area contributed by atoms with Gasteiger partial charge in [-0.25, -0.2) is 4.79 Å². The molecule has 0 atom stereocenters. The Morgan fingerprint density at radius 1 is 1.26 bits per heavy atom. The Balaban J connectivity index is 1.49. The summed E-state index contributed by atoms with van der Waals surface area (Å²) in [7, 11) is 0. The lowest BCUT2D eigenvalue weighted by Crippen LogP contribution is -2.48. The van der Waals surface area contributed by atoms with Gasteiger partial charge in [-0.05, 0) is 31.4 Å². The van der Waals surface area contributed by atoms with Gasteiger partial charge in [0, 0.05) is 30.3 Å². The lowest BCUT2D eigenvalue weighted by atomic mass is 9.71. The summed E-state index contributed by atoms with van der Waals surface area (Å²) >= 11 is 0. The fraction of sp³-hybridized carbons (Fsp3) is 0.353. The van der Waals surface area contributed by atoms with E-state index in [1.165, 1.54) is 11.8 Å². The SMILES string of the molecule is CC1=Nc2ccccc2C12CCN(C(=O)Nc1ccon1)CC2. The Morgan fingerprint density at radius 2 is 2.04 bits per heavy atom. The van der Waals surface area contributed by atoms with Crippen LogP contribution in [-0.2, 0) is 5.41 Å². The molecule has 4 rings (SSSR count). The molecule has 1 aromatic carbocycles. The first-order valence-electron chi connectivity index (χ1n) is 7.81. The maximum atomic E-state index is 12.3.